The second-order valence-corrected chi connectivity index (χ2v) is 7.12. The van der Waals surface area contributed by atoms with Gasteiger partial charge in [0.2, 0.25) is 13.3 Å². The SMILES string of the molecule is CSCCC(N)P(=O)(O)CC(C)C(N)=O. The Morgan fingerprint density at radius 2 is 2.13 bits per heavy atom. The van der Waals surface area contributed by atoms with E-state index in [1.807, 2.05) is 6.26 Å². The number of hydrogen-bond donors (Lipinski definition) is 3. The third-order valence-electron chi connectivity index (χ3n) is 2.16. The van der Waals surface area contributed by atoms with Crippen LogP contribution in [0.15, 0.2) is 0 Å². The fraction of sp³-hybridized carbons (Fsp3) is 0.875. The number of thioether (sulfide) groups is 1. The minimum absolute atomic E-state index is 0.127. The van der Waals surface area contributed by atoms with E-state index in [0.29, 0.717) is 6.42 Å². The van der Waals surface area contributed by atoms with Crippen molar-refractivity contribution >= 4 is 25.0 Å². The van der Waals surface area contributed by atoms with Crippen LogP contribution in [0, 0.1) is 5.92 Å². The summed E-state index contributed by atoms with van der Waals surface area (Å²) in [7, 11) is -3.46. The van der Waals surface area contributed by atoms with Gasteiger partial charge in [0, 0.05) is 12.1 Å². The Morgan fingerprint density at radius 1 is 1.60 bits per heavy atom. The van der Waals surface area contributed by atoms with Crippen LogP contribution in [0.3, 0.4) is 0 Å². The first kappa shape index (κ1) is 15.0. The van der Waals surface area contributed by atoms with Crippen molar-refractivity contribution in [2.24, 2.45) is 17.4 Å². The molecule has 3 atom stereocenters. The molecule has 0 saturated carbocycles. The van der Waals surface area contributed by atoms with Gasteiger partial charge in [-0.3, -0.25) is 9.36 Å². The maximum Gasteiger partial charge on any atom is 0.220 e. The van der Waals surface area contributed by atoms with Crippen LogP contribution in [-0.4, -0.2) is 34.8 Å². The van der Waals surface area contributed by atoms with Crippen molar-refractivity contribution in [1.29, 1.82) is 0 Å². The molecule has 5 N–H and O–H groups in total. The molecule has 0 radical (unpaired) electrons. The Kier molecular flexibility index (Phi) is 6.52. The van der Waals surface area contributed by atoms with E-state index in [1.54, 1.807) is 11.8 Å². The number of carbonyl (C=O) groups excluding carboxylic acids is 1. The van der Waals surface area contributed by atoms with Gasteiger partial charge in [0.05, 0.1) is 5.78 Å². The first-order valence-electron chi connectivity index (χ1n) is 4.66. The largest absolute Gasteiger partial charge is 0.369 e. The molecule has 0 saturated heterocycles. The Labute approximate surface area is 94.4 Å². The van der Waals surface area contributed by atoms with Crippen LogP contribution in [0.2, 0.25) is 0 Å². The Morgan fingerprint density at radius 3 is 2.53 bits per heavy atom. The topological polar surface area (TPSA) is 106 Å². The highest BCUT2D eigenvalue weighted by molar-refractivity contribution is 7.98. The number of rotatable bonds is 7. The van der Waals surface area contributed by atoms with E-state index < -0.39 is 25.0 Å². The zero-order chi connectivity index (χ0) is 12.1. The van der Waals surface area contributed by atoms with E-state index in [9.17, 15) is 14.3 Å². The average molecular weight is 254 g/mol. The zero-order valence-corrected chi connectivity index (χ0v) is 10.8. The fourth-order valence-corrected chi connectivity index (χ4v) is 3.49. The highest BCUT2D eigenvalue weighted by atomic mass is 32.2. The van der Waals surface area contributed by atoms with Crippen molar-refractivity contribution in [2.75, 3.05) is 18.2 Å². The summed E-state index contributed by atoms with van der Waals surface area (Å²) in [5, 5.41) is 0. The minimum atomic E-state index is -3.46. The van der Waals surface area contributed by atoms with Gasteiger partial charge < -0.3 is 16.4 Å². The molecule has 0 bridgehead atoms. The van der Waals surface area contributed by atoms with E-state index in [1.165, 1.54) is 6.92 Å². The summed E-state index contributed by atoms with van der Waals surface area (Å²) in [5.74, 6) is -1.20. The second-order valence-electron chi connectivity index (χ2n) is 3.59. The monoisotopic (exact) mass is 254 g/mol. The van der Waals surface area contributed by atoms with Gasteiger partial charge in [0.15, 0.2) is 0 Å². The molecule has 7 heteroatoms. The molecule has 3 unspecified atom stereocenters. The molecule has 0 aromatic heterocycles. The second kappa shape index (κ2) is 6.53. The van der Waals surface area contributed by atoms with Gasteiger partial charge >= 0.3 is 0 Å². The quantitative estimate of drug-likeness (QED) is 0.571. The molecule has 0 spiro atoms. The Bertz CT molecular complexity index is 262. The molecule has 1 amide bonds. The molecule has 0 heterocycles. The first-order chi connectivity index (χ1) is 6.81. The lowest BCUT2D eigenvalue weighted by atomic mass is 10.2. The van der Waals surface area contributed by atoms with E-state index in [-0.39, 0.29) is 6.16 Å². The highest BCUT2D eigenvalue weighted by Gasteiger charge is 2.30. The maximum absolute atomic E-state index is 11.7. The van der Waals surface area contributed by atoms with Gasteiger partial charge in [0.1, 0.15) is 0 Å². The smallest absolute Gasteiger partial charge is 0.220 e. The fourth-order valence-electron chi connectivity index (χ4n) is 1.06. The summed E-state index contributed by atoms with van der Waals surface area (Å²) in [6.45, 7) is 1.53. The summed E-state index contributed by atoms with van der Waals surface area (Å²) in [6.07, 6.45) is 2.25. The molecule has 0 fully saturated rings. The molecule has 0 aliphatic heterocycles. The van der Waals surface area contributed by atoms with Crippen LogP contribution < -0.4 is 11.5 Å². The first-order valence-corrected chi connectivity index (χ1v) is 7.97. The van der Waals surface area contributed by atoms with Gasteiger partial charge in [-0.15, -0.1) is 0 Å². The Hall–Kier alpha value is -0.0300. The van der Waals surface area contributed by atoms with Gasteiger partial charge in [-0.25, -0.2) is 0 Å². The summed E-state index contributed by atoms with van der Waals surface area (Å²) >= 11 is 1.57. The summed E-state index contributed by atoms with van der Waals surface area (Å²) in [5.41, 5.74) is 10.6. The molecule has 90 valence electrons. The molecule has 0 aliphatic rings. The summed E-state index contributed by atoms with van der Waals surface area (Å²) < 4.78 is 11.7. The van der Waals surface area contributed by atoms with Crippen molar-refractivity contribution in [3.63, 3.8) is 0 Å². The van der Waals surface area contributed by atoms with E-state index in [4.69, 9.17) is 11.5 Å². The minimum Gasteiger partial charge on any atom is -0.369 e. The average Bonchev–Trinajstić information content (AvgIpc) is 2.13. The lowest BCUT2D eigenvalue weighted by Crippen LogP contribution is -2.29. The number of nitrogens with two attached hydrogens (primary N) is 2. The third-order valence-corrected chi connectivity index (χ3v) is 5.17. The van der Waals surface area contributed by atoms with Crippen LogP contribution >= 0.6 is 19.1 Å². The molecular weight excluding hydrogens is 235 g/mol. The zero-order valence-electron chi connectivity index (χ0n) is 9.05. The van der Waals surface area contributed by atoms with E-state index >= 15 is 0 Å². The van der Waals surface area contributed by atoms with Crippen LogP contribution in [0.5, 0.6) is 0 Å². The van der Waals surface area contributed by atoms with Gasteiger partial charge in [-0.05, 0) is 18.4 Å². The van der Waals surface area contributed by atoms with Gasteiger partial charge in [0.25, 0.3) is 0 Å². The lowest BCUT2D eigenvalue weighted by Gasteiger charge is -2.20. The van der Waals surface area contributed by atoms with Gasteiger partial charge in [-0.1, -0.05) is 6.92 Å². The summed E-state index contributed by atoms with van der Waals surface area (Å²) in [6, 6.07) is 0. The molecule has 0 aromatic rings. The van der Waals surface area contributed by atoms with Crippen molar-refractivity contribution < 1.29 is 14.3 Å². The van der Waals surface area contributed by atoms with Crippen molar-refractivity contribution in [2.45, 2.75) is 19.1 Å². The third kappa shape index (κ3) is 5.56. The van der Waals surface area contributed by atoms with Crippen molar-refractivity contribution in [3.8, 4) is 0 Å². The normalized spacial score (nSPS) is 19.2. The molecule has 0 rings (SSSR count). The molecule has 15 heavy (non-hydrogen) atoms. The van der Waals surface area contributed by atoms with Crippen LogP contribution in [0.1, 0.15) is 13.3 Å². The Balaban J connectivity index is 4.27. The standard InChI is InChI=1S/C8H19N2O3PS/c1-6(8(10)11)5-14(12,13)7(9)3-4-15-2/h6-7H,3-5,9H2,1-2H3,(H2,10,11)(H,12,13). The van der Waals surface area contributed by atoms with Crippen LogP contribution in [-0.2, 0) is 9.36 Å². The highest BCUT2D eigenvalue weighted by Crippen LogP contribution is 2.46. The van der Waals surface area contributed by atoms with E-state index in [0.717, 1.165) is 5.75 Å². The number of primary amides is 1. The summed E-state index contributed by atoms with van der Waals surface area (Å²) in [4.78, 5) is 20.4. The lowest BCUT2D eigenvalue weighted by molar-refractivity contribution is -0.120. The molecule has 0 aromatic carbocycles. The predicted molar refractivity (Wildman–Crippen MR) is 64.0 cm³/mol. The molecular formula is C8H19N2O3PS. The van der Waals surface area contributed by atoms with Crippen LogP contribution in [0.4, 0.5) is 0 Å². The molecule has 0 aliphatic carbocycles. The van der Waals surface area contributed by atoms with Crippen molar-refractivity contribution in [3.05, 3.63) is 0 Å². The van der Waals surface area contributed by atoms with Gasteiger partial charge in [-0.2, -0.15) is 11.8 Å². The number of amides is 1. The maximum atomic E-state index is 11.7. The van der Waals surface area contributed by atoms with E-state index in [2.05, 4.69) is 0 Å². The molecule has 5 nitrogen and oxygen atoms in total. The number of hydrogen-bond acceptors (Lipinski definition) is 4. The number of carbonyl (C=O) groups is 1. The van der Waals surface area contributed by atoms with Crippen LogP contribution in [0.25, 0.3) is 0 Å². The van der Waals surface area contributed by atoms with Crippen molar-refractivity contribution in [1.82, 2.24) is 0 Å². The predicted octanol–water partition coefficient (Wildman–Crippen LogP) is 0.416.